The van der Waals surface area contributed by atoms with E-state index in [1.54, 1.807) is 23.4 Å². The fourth-order valence-corrected chi connectivity index (χ4v) is 3.42. The third-order valence-corrected chi connectivity index (χ3v) is 4.83. The Bertz CT molecular complexity index is 881. The molecule has 1 fully saturated rings. The molecule has 1 aromatic carbocycles. The van der Waals surface area contributed by atoms with Crippen LogP contribution in [0.2, 0.25) is 0 Å². The molecule has 3 aromatic rings. The van der Waals surface area contributed by atoms with Gasteiger partial charge in [0.25, 0.3) is 5.91 Å². The number of nitrogens with one attached hydrogen (secondary N) is 2. The zero-order chi connectivity index (χ0) is 18.5. The van der Waals surface area contributed by atoms with Crippen LogP contribution in [0.5, 0.6) is 0 Å². The van der Waals surface area contributed by atoms with E-state index in [1.807, 2.05) is 35.0 Å². The van der Waals surface area contributed by atoms with Crippen LogP contribution in [0.3, 0.4) is 0 Å². The molecule has 140 valence electrons. The van der Waals surface area contributed by atoms with E-state index in [4.69, 9.17) is 0 Å². The lowest BCUT2D eigenvalue weighted by Gasteiger charge is -2.22. The second-order valence-corrected chi connectivity index (χ2v) is 6.82. The summed E-state index contributed by atoms with van der Waals surface area (Å²) in [5.74, 6) is 0.321. The Balaban J connectivity index is 1.38. The number of hydrogen-bond acceptors (Lipinski definition) is 5. The molecular formula is C19H23N7O. The molecule has 0 saturated carbocycles. The van der Waals surface area contributed by atoms with E-state index >= 15 is 0 Å². The molecule has 0 radical (unpaired) electrons. The number of hydrogen-bond donors (Lipinski definition) is 2. The molecular weight excluding hydrogens is 342 g/mol. The van der Waals surface area contributed by atoms with E-state index in [2.05, 4.69) is 25.9 Å². The van der Waals surface area contributed by atoms with Gasteiger partial charge in [0.05, 0.1) is 18.2 Å². The van der Waals surface area contributed by atoms with Crippen LogP contribution < -0.4 is 10.6 Å². The Labute approximate surface area is 157 Å². The molecule has 1 amide bonds. The van der Waals surface area contributed by atoms with Gasteiger partial charge < -0.3 is 15.2 Å². The van der Waals surface area contributed by atoms with Crippen molar-refractivity contribution in [2.75, 3.05) is 13.1 Å². The van der Waals surface area contributed by atoms with Crippen molar-refractivity contribution in [2.45, 2.75) is 25.9 Å². The Hall–Kier alpha value is -3.00. The predicted octanol–water partition coefficient (Wildman–Crippen LogP) is 1.39. The number of piperidine rings is 1. The van der Waals surface area contributed by atoms with Crippen LogP contribution in [0, 0.1) is 5.92 Å². The summed E-state index contributed by atoms with van der Waals surface area (Å²) in [6.07, 6.45) is 9.45. The highest BCUT2D eigenvalue weighted by Crippen LogP contribution is 2.14. The van der Waals surface area contributed by atoms with E-state index in [0.717, 1.165) is 30.9 Å². The molecule has 3 heterocycles. The number of amides is 1. The Kier molecular flexibility index (Phi) is 5.24. The van der Waals surface area contributed by atoms with Crippen molar-refractivity contribution in [2.24, 2.45) is 5.92 Å². The summed E-state index contributed by atoms with van der Waals surface area (Å²) in [7, 11) is 0. The normalized spacial score (nSPS) is 17.0. The number of nitrogens with zero attached hydrogens (tertiary/aromatic N) is 5. The minimum atomic E-state index is -0.219. The maximum Gasteiger partial charge on any atom is 0.273 e. The molecule has 0 aliphatic carbocycles. The Morgan fingerprint density at radius 3 is 3.07 bits per heavy atom. The average Bonchev–Trinajstić information content (AvgIpc) is 3.39. The summed E-state index contributed by atoms with van der Waals surface area (Å²) in [6.45, 7) is 3.28. The SMILES string of the molecule is O=C(NCc1ccccc1-n1ccnc1)c1cn(CC2CCCNC2)nn1. The van der Waals surface area contributed by atoms with Crippen molar-refractivity contribution >= 4 is 5.91 Å². The smallest absolute Gasteiger partial charge is 0.273 e. The van der Waals surface area contributed by atoms with Gasteiger partial charge in [0.15, 0.2) is 5.69 Å². The van der Waals surface area contributed by atoms with E-state index in [0.29, 0.717) is 18.2 Å². The fourth-order valence-electron chi connectivity index (χ4n) is 3.42. The number of para-hydroxylation sites is 1. The van der Waals surface area contributed by atoms with Crippen LogP contribution in [0.25, 0.3) is 5.69 Å². The van der Waals surface area contributed by atoms with Gasteiger partial charge in [-0.3, -0.25) is 9.48 Å². The first-order valence-corrected chi connectivity index (χ1v) is 9.25. The standard InChI is InChI=1S/C19H23N7O/c27-19(17-13-26(24-23-17)12-15-4-3-7-20-10-15)22-11-16-5-1-2-6-18(16)25-9-8-21-14-25/h1-2,5-6,8-9,13-15,20H,3-4,7,10-12H2,(H,22,27). The second kappa shape index (κ2) is 8.13. The van der Waals surface area contributed by atoms with Crippen LogP contribution in [0.4, 0.5) is 0 Å². The lowest BCUT2D eigenvalue weighted by molar-refractivity contribution is 0.0946. The van der Waals surface area contributed by atoms with Gasteiger partial charge in [0, 0.05) is 25.5 Å². The number of imidazole rings is 1. The predicted molar refractivity (Wildman–Crippen MR) is 100 cm³/mol. The van der Waals surface area contributed by atoms with Gasteiger partial charge in [-0.2, -0.15) is 0 Å². The van der Waals surface area contributed by atoms with Crippen LogP contribution in [-0.2, 0) is 13.1 Å². The number of benzene rings is 1. The van der Waals surface area contributed by atoms with Crippen LogP contribution in [0.15, 0.2) is 49.2 Å². The molecule has 27 heavy (non-hydrogen) atoms. The maximum atomic E-state index is 12.5. The summed E-state index contributed by atoms with van der Waals surface area (Å²) < 4.78 is 3.70. The quantitative estimate of drug-likeness (QED) is 0.689. The Morgan fingerprint density at radius 1 is 1.33 bits per heavy atom. The monoisotopic (exact) mass is 365 g/mol. The van der Waals surface area contributed by atoms with Crippen molar-refractivity contribution in [1.82, 2.24) is 35.2 Å². The van der Waals surface area contributed by atoms with Crippen molar-refractivity contribution in [3.8, 4) is 5.69 Å². The second-order valence-electron chi connectivity index (χ2n) is 6.82. The molecule has 0 spiro atoms. The first-order valence-electron chi connectivity index (χ1n) is 9.25. The molecule has 2 N–H and O–H groups in total. The lowest BCUT2D eigenvalue weighted by Crippen LogP contribution is -2.32. The van der Waals surface area contributed by atoms with Gasteiger partial charge >= 0.3 is 0 Å². The van der Waals surface area contributed by atoms with E-state index in [-0.39, 0.29) is 5.91 Å². The number of carbonyl (C=O) groups is 1. The van der Waals surface area contributed by atoms with Crippen molar-refractivity contribution < 1.29 is 4.79 Å². The lowest BCUT2D eigenvalue weighted by atomic mass is 10.00. The first kappa shape index (κ1) is 17.4. The molecule has 1 saturated heterocycles. The van der Waals surface area contributed by atoms with Crippen molar-refractivity contribution in [3.05, 3.63) is 60.4 Å². The fraction of sp³-hybridized carbons (Fsp3) is 0.368. The largest absolute Gasteiger partial charge is 0.346 e. The van der Waals surface area contributed by atoms with Crippen molar-refractivity contribution in [1.29, 1.82) is 0 Å². The third kappa shape index (κ3) is 4.22. The van der Waals surface area contributed by atoms with Crippen LogP contribution >= 0.6 is 0 Å². The van der Waals surface area contributed by atoms with Gasteiger partial charge in [0.2, 0.25) is 0 Å². The maximum absolute atomic E-state index is 12.5. The molecule has 1 aliphatic rings. The summed E-state index contributed by atoms with van der Waals surface area (Å²) in [5, 5.41) is 14.5. The van der Waals surface area contributed by atoms with Gasteiger partial charge in [-0.15, -0.1) is 5.10 Å². The van der Waals surface area contributed by atoms with E-state index in [9.17, 15) is 4.79 Å². The topological polar surface area (TPSA) is 89.7 Å². The molecule has 1 unspecified atom stereocenters. The molecule has 8 nitrogen and oxygen atoms in total. The summed E-state index contributed by atoms with van der Waals surface area (Å²) in [5.41, 5.74) is 2.34. The number of rotatable bonds is 6. The number of aromatic nitrogens is 5. The van der Waals surface area contributed by atoms with E-state index in [1.165, 1.54) is 12.8 Å². The van der Waals surface area contributed by atoms with Crippen LogP contribution in [-0.4, -0.2) is 43.5 Å². The summed E-state index contributed by atoms with van der Waals surface area (Å²) in [6, 6.07) is 7.91. The molecule has 8 heteroatoms. The average molecular weight is 365 g/mol. The van der Waals surface area contributed by atoms with E-state index < -0.39 is 0 Å². The van der Waals surface area contributed by atoms with Crippen LogP contribution in [0.1, 0.15) is 28.9 Å². The molecule has 2 aromatic heterocycles. The highest BCUT2D eigenvalue weighted by molar-refractivity contribution is 5.91. The molecule has 1 aliphatic heterocycles. The minimum absolute atomic E-state index is 0.219. The number of carbonyl (C=O) groups excluding carboxylic acids is 1. The van der Waals surface area contributed by atoms with Gasteiger partial charge in [-0.05, 0) is 43.5 Å². The van der Waals surface area contributed by atoms with Crippen molar-refractivity contribution in [3.63, 3.8) is 0 Å². The first-order chi connectivity index (χ1) is 13.3. The summed E-state index contributed by atoms with van der Waals surface area (Å²) >= 11 is 0. The minimum Gasteiger partial charge on any atom is -0.346 e. The third-order valence-electron chi connectivity index (χ3n) is 4.83. The molecule has 4 rings (SSSR count). The molecule has 1 atom stereocenters. The Morgan fingerprint density at radius 2 is 2.26 bits per heavy atom. The highest BCUT2D eigenvalue weighted by atomic mass is 16.2. The highest BCUT2D eigenvalue weighted by Gasteiger charge is 2.16. The summed E-state index contributed by atoms with van der Waals surface area (Å²) in [4.78, 5) is 16.5. The zero-order valence-corrected chi connectivity index (χ0v) is 15.1. The zero-order valence-electron chi connectivity index (χ0n) is 15.1. The molecule has 0 bridgehead atoms. The van der Waals surface area contributed by atoms with Gasteiger partial charge in [0.1, 0.15) is 0 Å². The van der Waals surface area contributed by atoms with Gasteiger partial charge in [-0.25, -0.2) is 4.98 Å². The van der Waals surface area contributed by atoms with Gasteiger partial charge in [-0.1, -0.05) is 23.4 Å².